The van der Waals surface area contributed by atoms with E-state index in [0.29, 0.717) is 17.4 Å². The van der Waals surface area contributed by atoms with Crippen LogP contribution < -0.4 is 15.8 Å². The van der Waals surface area contributed by atoms with E-state index in [1.807, 2.05) is 27.9 Å². The first kappa shape index (κ1) is 15.5. The van der Waals surface area contributed by atoms with Gasteiger partial charge >= 0.3 is 0 Å². The average molecular weight is 267 g/mol. The van der Waals surface area contributed by atoms with Crippen LogP contribution in [0.1, 0.15) is 27.7 Å². The van der Waals surface area contributed by atoms with E-state index in [1.54, 1.807) is 0 Å². The average Bonchev–Trinajstić information content (AvgIpc) is 2.29. The summed E-state index contributed by atoms with van der Waals surface area (Å²) >= 11 is 0. The summed E-state index contributed by atoms with van der Waals surface area (Å²) in [5, 5.41) is 3.25. The zero-order chi connectivity index (χ0) is 14.6. The molecule has 0 saturated carbocycles. The second kappa shape index (κ2) is 6.06. The van der Waals surface area contributed by atoms with Crippen molar-refractivity contribution in [1.82, 2.24) is 14.9 Å². The van der Waals surface area contributed by atoms with Gasteiger partial charge in [0.05, 0.1) is 6.10 Å². The van der Waals surface area contributed by atoms with Crippen LogP contribution in [0.4, 0.5) is 11.5 Å². The van der Waals surface area contributed by atoms with Gasteiger partial charge in [0.2, 0.25) is 5.88 Å². The first-order valence-corrected chi connectivity index (χ1v) is 6.42. The van der Waals surface area contributed by atoms with Crippen LogP contribution in [-0.4, -0.2) is 47.2 Å². The summed E-state index contributed by atoms with van der Waals surface area (Å²) in [6, 6.07) is 0. The van der Waals surface area contributed by atoms with Gasteiger partial charge in [-0.05, 0) is 41.8 Å². The molecule has 0 atom stereocenters. The van der Waals surface area contributed by atoms with E-state index >= 15 is 0 Å². The number of rotatable bonds is 6. The molecule has 0 saturated heterocycles. The number of nitrogens with two attached hydrogens (primary N) is 1. The van der Waals surface area contributed by atoms with Gasteiger partial charge in [-0.25, -0.2) is 4.98 Å². The number of nitrogen functional groups attached to an aromatic ring is 1. The highest BCUT2D eigenvalue weighted by molar-refractivity contribution is 5.66. The van der Waals surface area contributed by atoms with Crippen molar-refractivity contribution < 1.29 is 4.74 Å². The lowest BCUT2D eigenvalue weighted by Crippen LogP contribution is -2.44. The normalized spacial score (nSPS) is 12.0. The fourth-order valence-corrected chi connectivity index (χ4v) is 1.30. The Hall–Kier alpha value is -1.56. The topological polar surface area (TPSA) is 76.3 Å². The molecule has 1 aromatic heterocycles. The van der Waals surface area contributed by atoms with E-state index in [9.17, 15) is 0 Å². The van der Waals surface area contributed by atoms with Gasteiger partial charge in [0.25, 0.3) is 0 Å². The summed E-state index contributed by atoms with van der Waals surface area (Å²) in [4.78, 5) is 10.4. The SMILES string of the molecule is CC(C)Oc1ncnc(NCC(C)(C)N(C)C)c1N. The minimum absolute atomic E-state index is 0.00351. The van der Waals surface area contributed by atoms with Gasteiger partial charge in [-0.3, -0.25) is 0 Å². The van der Waals surface area contributed by atoms with Gasteiger partial charge in [-0.2, -0.15) is 4.98 Å². The Morgan fingerprint density at radius 2 is 2.00 bits per heavy atom. The Morgan fingerprint density at radius 3 is 2.53 bits per heavy atom. The number of hydrogen-bond donors (Lipinski definition) is 2. The van der Waals surface area contributed by atoms with Gasteiger partial charge in [0.15, 0.2) is 5.82 Å². The van der Waals surface area contributed by atoms with Crippen LogP contribution in [0, 0.1) is 0 Å². The summed E-state index contributed by atoms with van der Waals surface area (Å²) in [6.45, 7) is 8.88. The maximum Gasteiger partial charge on any atom is 0.242 e. The molecule has 0 radical (unpaired) electrons. The van der Waals surface area contributed by atoms with E-state index in [-0.39, 0.29) is 11.6 Å². The molecular weight excluding hydrogens is 242 g/mol. The smallest absolute Gasteiger partial charge is 0.242 e. The van der Waals surface area contributed by atoms with Gasteiger partial charge in [-0.15, -0.1) is 0 Å². The van der Waals surface area contributed by atoms with E-state index in [0.717, 1.165) is 6.54 Å². The zero-order valence-corrected chi connectivity index (χ0v) is 12.7. The van der Waals surface area contributed by atoms with E-state index in [2.05, 4.69) is 34.0 Å². The fourth-order valence-electron chi connectivity index (χ4n) is 1.30. The van der Waals surface area contributed by atoms with Crippen molar-refractivity contribution in [3.05, 3.63) is 6.33 Å². The van der Waals surface area contributed by atoms with Gasteiger partial charge < -0.3 is 20.7 Å². The third kappa shape index (κ3) is 4.24. The molecule has 0 spiro atoms. The minimum Gasteiger partial charge on any atom is -0.473 e. The lowest BCUT2D eigenvalue weighted by atomic mass is 10.0. The molecule has 1 heterocycles. The highest BCUT2D eigenvalue weighted by Gasteiger charge is 2.21. The molecule has 6 nitrogen and oxygen atoms in total. The van der Waals surface area contributed by atoms with Crippen molar-refractivity contribution in [2.45, 2.75) is 39.3 Å². The third-order valence-electron chi connectivity index (χ3n) is 3.09. The fraction of sp³-hybridized carbons (Fsp3) is 0.692. The molecule has 0 aromatic carbocycles. The molecule has 1 rings (SSSR count). The van der Waals surface area contributed by atoms with Crippen molar-refractivity contribution in [3.63, 3.8) is 0 Å². The molecule has 1 aromatic rings. The summed E-state index contributed by atoms with van der Waals surface area (Å²) in [5.74, 6) is 1.04. The molecular formula is C13H25N5O. The van der Waals surface area contributed by atoms with Gasteiger partial charge in [-0.1, -0.05) is 0 Å². The monoisotopic (exact) mass is 267 g/mol. The van der Waals surface area contributed by atoms with Gasteiger partial charge in [0.1, 0.15) is 12.0 Å². The predicted molar refractivity (Wildman–Crippen MR) is 78.5 cm³/mol. The standard InChI is InChI=1S/C13H25N5O/c1-9(2)19-12-10(14)11(16-8-17-12)15-7-13(3,4)18(5)6/h8-9H,7,14H2,1-6H3,(H,15,16,17). The highest BCUT2D eigenvalue weighted by atomic mass is 16.5. The highest BCUT2D eigenvalue weighted by Crippen LogP contribution is 2.26. The molecule has 3 N–H and O–H groups in total. The van der Waals surface area contributed by atoms with Crippen LogP contribution in [-0.2, 0) is 0 Å². The Labute approximate surface area is 115 Å². The number of ether oxygens (including phenoxy) is 1. The molecule has 0 amide bonds. The van der Waals surface area contributed by atoms with Crippen molar-refractivity contribution in [2.75, 3.05) is 31.7 Å². The summed E-state index contributed by atoms with van der Waals surface area (Å²) in [7, 11) is 4.08. The number of nitrogens with zero attached hydrogens (tertiary/aromatic N) is 3. The number of aromatic nitrogens is 2. The lowest BCUT2D eigenvalue weighted by molar-refractivity contribution is 0.210. The van der Waals surface area contributed by atoms with Crippen LogP contribution in [0.3, 0.4) is 0 Å². The first-order chi connectivity index (χ1) is 8.74. The molecule has 0 aliphatic carbocycles. The maximum absolute atomic E-state index is 6.01. The van der Waals surface area contributed by atoms with E-state index in [1.165, 1.54) is 6.33 Å². The van der Waals surface area contributed by atoms with Gasteiger partial charge in [0, 0.05) is 12.1 Å². The van der Waals surface area contributed by atoms with Crippen molar-refractivity contribution in [3.8, 4) is 5.88 Å². The minimum atomic E-state index is -0.00351. The van der Waals surface area contributed by atoms with Crippen LogP contribution in [0.5, 0.6) is 5.88 Å². The third-order valence-corrected chi connectivity index (χ3v) is 3.09. The lowest BCUT2D eigenvalue weighted by Gasteiger charge is -2.33. The van der Waals surface area contributed by atoms with Crippen molar-refractivity contribution >= 4 is 11.5 Å². The first-order valence-electron chi connectivity index (χ1n) is 6.42. The molecule has 108 valence electrons. The molecule has 0 aliphatic heterocycles. The Morgan fingerprint density at radius 1 is 1.37 bits per heavy atom. The molecule has 0 fully saturated rings. The second-order valence-corrected chi connectivity index (χ2v) is 5.67. The molecule has 6 heteroatoms. The molecule has 0 aliphatic rings. The largest absolute Gasteiger partial charge is 0.473 e. The van der Waals surface area contributed by atoms with Crippen LogP contribution in [0.2, 0.25) is 0 Å². The molecule has 0 unspecified atom stereocenters. The Bertz CT molecular complexity index is 417. The number of hydrogen-bond acceptors (Lipinski definition) is 6. The van der Waals surface area contributed by atoms with Crippen molar-refractivity contribution in [2.24, 2.45) is 0 Å². The number of likely N-dealkylation sites (N-methyl/N-ethyl adjacent to an activating group) is 1. The summed E-state index contributed by atoms with van der Waals surface area (Å²) in [5.41, 5.74) is 6.46. The van der Waals surface area contributed by atoms with E-state index in [4.69, 9.17) is 10.5 Å². The summed E-state index contributed by atoms with van der Waals surface area (Å²) in [6.07, 6.45) is 1.49. The van der Waals surface area contributed by atoms with Crippen molar-refractivity contribution in [1.29, 1.82) is 0 Å². The molecule has 19 heavy (non-hydrogen) atoms. The predicted octanol–water partition coefficient (Wildman–Crippen LogP) is 1.60. The van der Waals surface area contributed by atoms with Crippen LogP contribution in [0.25, 0.3) is 0 Å². The zero-order valence-electron chi connectivity index (χ0n) is 12.7. The van der Waals surface area contributed by atoms with Crippen LogP contribution >= 0.6 is 0 Å². The Balaban J connectivity index is 2.80. The number of anilines is 2. The number of nitrogens with one attached hydrogen (secondary N) is 1. The van der Waals surface area contributed by atoms with Crippen LogP contribution in [0.15, 0.2) is 6.33 Å². The quantitative estimate of drug-likeness (QED) is 0.815. The van der Waals surface area contributed by atoms with E-state index < -0.39 is 0 Å². The molecule has 0 bridgehead atoms. The Kier molecular flexibility index (Phi) is 4.94. The summed E-state index contributed by atoms with van der Waals surface area (Å²) < 4.78 is 5.54. The second-order valence-electron chi connectivity index (χ2n) is 5.67. The maximum atomic E-state index is 6.01.